The summed E-state index contributed by atoms with van der Waals surface area (Å²) in [6.07, 6.45) is -8.67. The van der Waals surface area contributed by atoms with Gasteiger partial charge in [-0.15, -0.1) is 0 Å². The zero-order chi connectivity index (χ0) is 20.3. The summed E-state index contributed by atoms with van der Waals surface area (Å²) in [5.74, 6) is -2.47. The standard InChI is InChI=1S/C15H15Cl3O9/c16-5-1-7(18)8(2-6(5)17)26-15-14(24)13(23)12(22)9(27-15)4-25-11(21)3-10(19)20/h1-2,9,12-15,22-24H,3-4H2,(H,19,20)/t9-,12-,13+,14-,15-/m1/s1. The molecule has 1 heterocycles. The van der Waals surface area contributed by atoms with Crippen molar-refractivity contribution in [1.82, 2.24) is 0 Å². The molecule has 2 rings (SSSR count). The number of benzene rings is 1. The molecule has 1 fully saturated rings. The normalized spacial score (nSPS) is 27.9. The first-order valence-corrected chi connectivity index (χ1v) is 8.61. The zero-order valence-corrected chi connectivity index (χ0v) is 15.7. The van der Waals surface area contributed by atoms with E-state index in [1.807, 2.05) is 0 Å². The first-order valence-electron chi connectivity index (χ1n) is 7.48. The van der Waals surface area contributed by atoms with Crippen LogP contribution in [0.5, 0.6) is 5.75 Å². The first kappa shape index (κ1) is 22.0. The van der Waals surface area contributed by atoms with Crippen LogP contribution in [-0.2, 0) is 19.1 Å². The highest BCUT2D eigenvalue weighted by Gasteiger charge is 2.45. The Morgan fingerprint density at radius 2 is 1.63 bits per heavy atom. The third-order valence-electron chi connectivity index (χ3n) is 3.59. The number of hydrogen-bond acceptors (Lipinski definition) is 8. The van der Waals surface area contributed by atoms with E-state index in [1.54, 1.807) is 0 Å². The van der Waals surface area contributed by atoms with Crippen molar-refractivity contribution in [3.05, 3.63) is 27.2 Å². The minimum atomic E-state index is -1.70. The SMILES string of the molecule is O=C(O)CC(=O)OC[C@H]1O[C@@H](Oc2cc(Cl)c(Cl)cc2Cl)[C@H](O)[C@@H](O)[C@@H]1O. The van der Waals surface area contributed by atoms with Gasteiger partial charge in [0.1, 0.15) is 43.2 Å². The minimum Gasteiger partial charge on any atom is -0.481 e. The van der Waals surface area contributed by atoms with Gasteiger partial charge in [0.15, 0.2) is 0 Å². The third kappa shape index (κ3) is 5.58. The Hall–Kier alpha value is -1.33. The molecule has 1 aromatic carbocycles. The Morgan fingerprint density at radius 3 is 2.26 bits per heavy atom. The highest BCUT2D eigenvalue weighted by Crippen LogP contribution is 2.35. The van der Waals surface area contributed by atoms with Gasteiger partial charge in [0.25, 0.3) is 0 Å². The van der Waals surface area contributed by atoms with E-state index >= 15 is 0 Å². The lowest BCUT2D eigenvalue weighted by molar-refractivity contribution is -0.278. The predicted octanol–water partition coefficient (Wildman–Crippen LogP) is 0.851. The van der Waals surface area contributed by atoms with Gasteiger partial charge in [0.05, 0.1) is 15.1 Å². The van der Waals surface area contributed by atoms with E-state index in [1.165, 1.54) is 12.1 Å². The number of rotatable bonds is 6. The quantitative estimate of drug-likeness (QED) is 0.285. The van der Waals surface area contributed by atoms with E-state index in [2.05, 4.69) is 4.74 Å². The fraction of sp³-hybridized carbons (Fsp3) is 0.467. The van der Waals surface area contributed by atoms with Crippen molar-refractivity contribution in [2.75, 3.05) is 6.61 Å². The van der Waals surface area contributed by atoms with E-state index in [9.17, 15) is 24.9 Å². The molecule has 0 radical (unpaired) electrons. The zero-order valence-electron chi connectivity index (χ0n) is 13.4. The second kappa shape index (κ2) is 9.24. The number of aliphatic carboxylic acids is 1. The van der Waals surface area contributed by atoms with Gasteiger partial charge in [0.2, 0.25) is 6.29 Å². The van der Waals surface area contributed by atoms with Gasteiger partial charge in [-0.05, 0) is 6.07 Å². The molecule has 5 atom stereocenters. The van der Waals surface area contributed by atoms with Crippen LogP contribution in [0.25, 0.3) is 0 Å². The number of aliphatic hydroxyl groups excluding tert-OH is 3. The van der Waals surface area contributed by atoms with E-state index in [4.69, 9.17) is 49.4 Å². The third-order valence-corrected chi connectivity index (χ3v) is 4.61. The van der Waals surface area contributed by atoms with E-state index < -0.39 is 55.7 Å². The highest BCUT2D eigenvalue weighted by atomic mass is 35.5. The lowest BCUT2D eigenvalue weighted by Crippen LogP contribution is -2.60. The number of carboxylic acids is 1. The van der Waals surface area contributed by atoms with Crippen LogP contribution in [0.3, 0.4) is 0 Å². The number of halogens is 3. The summed E-state index contributed by atoms with van der Waals surface area (Å²) in [7, 11) is 0. The van der Waals surface area contributed by atoms with Crippen LogP contribution in [0.15, 0.2) is 12.1 Å². The van der Waals surface area contributed by atoms with Crippen LogP contribution < -0.4 is 4.74 Å². The Bertz CT molecular complexity index is 714. The van der Waals surface area contributed by atoms with Crippen LogP contribution in [-0.4, -0.2) is 69.7 Å². The van der Waals surface area contributed by atoms with Gasteiger partial charge < -0.3 is 34.6 Å². The maximum absolute atomic E-state index is 11.3. The molecule has 1 aromatic rings. The van der Waals surface area contributed by atoms with Crippen molar-refractivity contribution in [3.63, 3.8) is 0 Å². The summed E-state index contributed by atoms with van der Waals surface area (Å²) >= 11 is 17.7. The summed E-state index contributed by atoms with van der Waals surface area (Å²) in [5, 5.41) is 38.8. The maximum atomic E-state index is 11.3. The number of carbonyl (C=O) groups is 2. The molecule has 0 amide bonds. The lowest BCUT2D eigenvalue weighted by atomic mass is 9.99. The number of hydrogen-bond donors (Lipinski definition) is 4. The van der Waals surface area contributed by atoms with Crippen molar-refractivity contribution < 1.29 is 44.2 Å². The number of ether oxygens (including phenoxy) is 3. The van der Waals surface area contributed by atoms with Gasteiger partial charge in [0, 0.05) is 6.07 Å². The van der Waals surface area contributed by atoms with E-state index in [0.29, 0.717) is 0 Å². The van der Waals surface area contributed by atoms with Gasteiger partial charge in [-0.2, -0.15) is 0 Å². The van der Waals surface area contributed by atoms with Crippen molar-refractivity contribution >= 4 is 46.7 Å². The Kier molecular flexibility index (Phi) is 7.52. The van der Waals surface area contributed by atoms with Crippen molar-refractivity contribution in [1.29, 1.82) is 0 Å². The van der Waals surface area contributed by atoms with Crippen LogP contribution in [0.4, 0.5) is 0 Å². The van der Waals surface area contributed by atoms with E-state index in [0.717, 1.165) is 0 Å². The molecule has 0 aromatic heterocycles. The molecule has 0 bridgehead atoms. The molecule has 1 aliphatic rings. The summed E-state index contributed by atoms with van der Waals surface area (Å²) in [5.41, 5.74) is 0. The first-order chi connectivity index (χ1) is 12.6. The molecular formula is C15H15Cl3O9. The molecule has 1 saturated heterocycles. The molecule has 9 nitrogen and oxygen atoms in total. The van der Waals surface area contributed by atoms with Crippen LogP contribution in [0.2, 0.25) is 15.1 Å². The van der Waals surface area contributed by atoms with Gasteiger partial charge in [-0.3, -0.25) is 9.59 Å². The molecular weight excluding hydrogens is 431 g/mol. The molecule has 1 aliphatic heterocycles. The minimum absolute atomic E-state index is 0.0136. The topological polar surface area (TPSA) is 143 Å². The highest BCUT2D eigenvalue weighted by molar-refractivity contribution is 6.43. The Labute approximate surface area is 167 Å². The van der Waals surface area contributed by atoms with Gasteiger partial charge in [-0.25, -0.2) is 0 Å². The largest absolute Gasteiger partial charge is 0.481 e. The summed E-state index contributed by atoms with van der Waals surface area (Å²) in [6.45, 7) is -0.577. The van der Waals surface area contributed by atoms with Crippen molar-refractivity contribution in [3.8, 4) is 5.75 Å². The molecule has 0 saturated carbocycles. The average molecular weight is 446 g/mol. The second-order valence-electron chi connectivity index (χ2n) is 5.58. The van der Waals surface area contributed by atoms with Crippen molar-refractivity contribution in [2.45, 2.75) is 37.1 Å². The molecule has 0 aliphatic carbocycles. The Morgan fingerprint density at radius 1 is 1.00 bits per heavy atom. The van der Waals surface area contributed by atoms with Gasteiger partial charge in [-0.1, -0.05) is 34.8 Å². The number of carbonyl (C=O) groups excluding carboxylic acids is 1. The second-order valence-corrected chi connectivity index (χ2v) is 6.80. The smallest absolute Gasteiger partial charge is 0.317 e. The molecule has 0 unspecified atom stereocenters. The number of carboxylic acid groups (broad SMARTS) is 1. The fourth-order valence-electron chi connectivity index (χ4n) is 2.22. The average Bonchev–Trinajstić information content (AvgIpc) is 2.58. The maximum Gasteiger partial charge on any atom is 0.317 e. The molecule has 12 heteroatoms. The monoisotopic (exact) mass is 444 g/mol. The van der Waals surface area contributed by atoms with Crippen LogP contribution in [0, 0.1) is 0 Å². The van der Waals surface area contributed by atoms with Gasteiger partial charge >= 0.3 is 11.9 Å². The predicted molar refractivity (Wildman–Crippen MR) is 92.0 cm³/mol. The summed E-state index contributed by atoms with van der Waals surface area (Å²) < 4.78 is 15.4. The molecule has 27 heavy (non-hydrogen) atoms. The summed E-state index contributed by atoms with van der Waals surface area (Å²) in [4.78, 5) is 21.8. The molecule has 0 spiro atoms. The van der Waals surface area contributed by atoms with Crippen LogP contribution in [0.1, 0.15) is 6.42 Å². The fourth-order valence-corrected chi connectivity index (χ4v) is 2.80. The van der Waals surface area contributed by atoms with Crippen LogP contribution >= 0.6 is 34.8 Å². The Balaban J connectivity index is 2.09. The molecule has 150 valence electrons. The number of esters is 1. The summed E-state index contributed by atoms with van der Waals surface area (Å²) in [6, 6.07) is 2.56. The molecule has 4 N–H and O–H groups in total. The van der Waals surface area contributed by atoms with Crippen molar-refractivity contribution in [2.24, 2.45) is 0 Å². The van der Waals surface area contributed by atoms with E-state index in [-0.39, 0.29) is 20.8 Å². The lowest BCUT2D eigenvalue weighted by Gasteiger charge is -2.40. The number of aliphatic hydroxyl groups is 3.